The number of rotatable bonds is 3. The van der Waals surface area contributed by atoms with Crippen molar-refractivity contribution in [3.8, 4) is 0 Å². The third kappa shape index (κ3) is 3.59. The van der Waals surface area contributed by atoms with Gasteiger partial charge in [-0.2, -0.15) is 0 Å². The molecule has 0 aliphatic carbocycles. The Hall–Kier alpha value is -2.35. The molecule has 0 aliphatic rings. The summed E-state index contributed by atoms with van der Waals surface area (Å²) in [6, 6.07) is 6.38. The van der Waals surface area contributed by atoms with Gasteiger partial charge < -0.3 is 0 Å². The molecule has 0 radical (unpaired) electrons. The van der Waals surface area contributed by atoms with Gasteiger partial charge in [-0.25, -0.2) is 4.98 Å². The van der Waals surface area contributed by atoms with Gasteiger partial charge in [0.1, 0.15) is 0 Å². The van der Waals surface area contributed by atoms with Crippen LogP contribution in [0.3, 0.4) is 0 Å². The number of carbonyl (C=O) groups is 2. The lowest BCUT2D eigenvalue weighted by atomic mass is 10.2. The summed E-state index contributed by atoms with van der Waals surface area (Å²) in [7, 11) is 0. The number of nitrogens with one attached hydrogen (secondary N) is 2. The summed E-state index contributed by atoms with van der Waals surface area (Å²) in [4.78, 5) is 28.6. The van der Waals surface area contributed by atoms with E-state index < -0.39 is 11.8 Å². The van der Waals surface area contributed by atoms with Crippen LogP contribution in [-0.4, -0.2) is 21.2 Å². The number of thiazole rings is 1. The number of carbonyl (C=O) groups excluding carboxylic acids is 2. The van der Waals surface area contributed by atoms with Gasteiger partial charge >= 0.3 is 0 Å². The number of halogens is 2. The van der Waals surface area contributed by atoms with Crippen molar-refractivity contribution in [3.05, 3.63) is 63.4 Å². The van der Waals surface area contributed by atoms with Gasteiger partial charge in [0.05, 0.1) is 5.69 Å². The molecule has 24 heavy (non-hydrogen) atoms. The quantitative estimate of drug-likeness (QED) is 0.541. The predicted octanol–water partition coefficient (Wildman–Crippen LogP) is 3.18. The van der Waals surface area contributed by atoms with Gasteiger partial charge in [-0.3, -0.25) is 24.8 Å². The summed E-state index contributed by atoms with van der Waals surface area (Å²) < 4.78 is 1.77. The lowest BCUT2D eigenvalue weighted by molar-refractivity contribution is -0.117. The van der Waals surface area contributed by atoms with E-state index in [0.29, 0.717) is 21.4 Å². The van der Waals surface area contributed by atoms with E-state index >= 15 is 0 Å². The smallest absolute Gasteiger partial charge is 0.269 e. The van der Waals surface area contributed by atoms with Crippen LogP contribution in [0.1, 0.15) is 16.1 Å². The lowest BCUT2D eigenvalue weighted by Gasteiger charge is -2.05. The molecule has 0 fully saturated rings. The molecule has 6 nitrogen and oxygen atoms in total. The minimum atomic E-state index is -0.508. The first-order chi connectivity index (χ1) is 11.5. The first-order valence-corrected chi connectivity index (χ1v) is 8.33. The zero-order valence-corrected chi connectivity index (χ0v) is 14.3. The van der Waals surface area contributed by atoms with Gasteiger partial charge in [-0.1, -0.05) is 29.3 Å². The van der Waals surface area contributed by atoms with E-state index in [0.717, 1.165) is 4.96 Å². The number of hydrogen-bond donors (Lipinski definition) is 2. The van der Waals surface area contributed by atoms with E-state index in [4.69, 9.17) is 23.2 Å². The molecular formula is C15H10Cl2N4O2S. The molecule has 0 spiro atoms. The van der Waals surface area contributed by atoms with Crippen LogP contribution in [0.2, 0.25) is 10.2 Å². The Labute approximate surface area is 150 Å². The topological polar surface area (TPSA) is 75.5 Å². The van der Waals surface area contributed by atoms with E-state index in [1.165, 1.54) is 29.6 Å². The van der Waals surface area contributed by atoms with Crippen molar-refractivity contribution in [1.29, 1.82) is 0 Å². The maximum absolute atomic E-state index is 11.9. The molecule has 0 unspecified atom stereocenters. The van der Waals surface area contributed by atoms with E-state index in [1.54, 1.807) is 28.8 Å². The second-order valence-electron chi connectivity index (χ2n) is 4.63. The van der Waals surface area contributed by atoms with Crippen LogP contribution in [0.15, 0.2) is 41.9 Å². The van der Waals surface area contributed by atoms with E-state index in [-0.39, 0.29) is 0 Å². The minimum Gasteiger partial charge on any atom is -0.289 e. The molecule has 3 aromatic rings. The molecule has 2 amide bonds. The third-order valence-electron chi connectivity index (χ3n) is 3.03. The Bertz CT molecular complexity index is 948. The summed E-state index contributed by atoms with van der Waals surface area (Å²) >= 11 is 13.3. The first kappa shape index (κ1) is 16.5. The average molecular weight is 381 g/mol. The molecule has 2 N–H and O–H groups in total. The molecule has 2 aromatic heterocycles. The number of hydrogen-bond acceptors (Lipinski definition) is 4. The molecule has 0 atom stereocenters. The highest BCUT2D eigenvalue weighted by Gasteiger charge is 2.09. The summed E-state index contributed by atoms with van der Waals surface area (Å²) in [6.45, 7) is 0. The molecule has 1 aromatic carbocycles. The Morgan fingerprint density at radius 1 is 1.25 bits per heavy atom. The second kappa shape index (κ2) is 7.04. The van der Waals surface area contributed by atoms with Gasteiger partial charge in [0.25, 0.3) is 11.8 Å². The highest BCUT2D eigenvalue weighted by molar-refractivity contribution is 7.15. The number of benzene rings is 1. The van der Waals surface area contributed by atoms with Crippen molar-refractivity contribution in [2.24, 2.45) is 0 Å². The van der Waals surface area contributed by atoms with Crippen LogP contribution >= 0.6 is 34.5 Å². The highest BCUT2D eigenvalue weighted by Crippen LogP contribution is 2.22. The fraction of sp³-hybridized carbons (Fsp3) is 0. The van der Waals surface area contributed by atoms with Crippen LogP contribution in [0.25, 0.3) is 11.0 Å². The van der Waals surface area contributed by atoms with Crippen molar-refractivity contribution in [1.82, 2.24) is 20.2 Å². The normalized spacial score (nSPS) is 11.1. The van der Waals surface area contributed by atoms with Crippen molar-refractivity contribution in [2.75, 3.05) is 0 Å². The number of imidazole rings is 1. The van der Waals surface area contributed by atoms with E-state index in [2.05, 4.69) is 15.8 Å². The molecule has 0 aliphatic heterocycles. The number of aromatic nitrogens is 2. The zero-order chi connectivity index (χ0) is 17.1. The fourth-order valence-electron chi connectivity index (χ4n) is 1.94. The monoisotopic (exact) mass is 380 g/mol. The predicted molar refractivity (Wildman–Crippen MR) is 94.2 cm³/mol. The highest BCUT2D eigenvalue weighted by atomic mass is 35.5. The molecule has 2 heterocycles. The summed E-state index contributed by atoms with van der Waals surface area (Å²) in [5.41, 5.74) is 5.51. The van der Waals surface area contributed by atoms with Crippen molar-refractivity contribution >= 4 is 57.4 Å². The van der Waals surface area contributed by atoms with Crippen LogP contribution < -0.4 is 10.9 Å². The average Bonchev–Trinajstić information content (AvgIpc) is 3.11. The SMILES string of the molecule is O=C(/C=C/c1c(Cl)nc2sccn12)NNC(=O)c1cccc(Cl)c1. The van der Waals surface area contributed by atoms with Crippen LogP contribution in [-0.2, 0) is 4.79 Å². The molecule has 9 heteroatoms. The van der Waals surface area contributed by atoms with E-state index in [1.807, 2.05) is 5.38 Å². The Kier molecular flexibility index (Phi) is 4.84. The molecular weight excluding hydrogens is 371 g/mol. The maximum Gasteiger partial charge on any atom is 0.269 e. The molecule has 0 saturated carbocycles. The molecule has 0 bridgehead atoms. The molecule has 0 saturated heterocycles. The maximum atomic E-state index is 11.9. The van der Waals surface area contributed by atoms with E-state index in [9.17, 15) is 9.59 Å². The van der Waals surface area contributed by atoms with Gasteiger partial charge in [0.2, 0.25) is 0 Å². The number of hydrazine groups is 1. The number of fused-ring (bicyclic) bond motifs is 1. The molecule has 3 rings (SSSR count). The molecule has 122 valence electrons. The van der Waals surface area contributed by atoms with Gasteiger partial charge in [-0.05, 0) is 24.3 Å². The number of amides is 2. The number of nitrogens with zero attached hydrogens (tertiary/aromatic N) is 2. The Morgan fingerprint density at radius 2 is 2.08 bits per heavy atom. The van der Waals surface area contributed by atoms with Crippen LogP contribution in [0.5, 0.6) is 0 Å². The summed E-state index contributed by atoms with van der Waals surface area (Å²) in [5.74, 6) is -0.978. The first-order valence-electron chi connectivity index (χ1n) is 6.69. The van der Waals surface area contributed by atoms with Crippen molar-refractivity contribution in [2.45, 2.75) is 0 Å². The van der Waals surface area contributed by atoms with Crippen LogP contribution in [0, 0.1) is 0 Å². The summed E-state index contributed by atoms with van der Waals surface area (Å²) in [5, 5.41) is 2.60. The zero-order valence-electron chi connectivity index (χ0n) is 12.0. The van der Waals surface area contributed by atoms with Crippen molar-refractivity contribution in [3.63, 3.8) is 0 Å². The Morgan fingerprint density at radius 3 is 2.88 bits per heavy atom. The summed E-state index contributed by atoms with van der Waals surface area (Å²) in [6.07, 6.45) is 4.58. The lowest BCUT2D eigenvalue weighted by Crippen LogP contribution is -2.40. The third-order valence-corrected chi connectivity index (χ3v) is 4.30. The second-order valence-corrected chi connectivity index (χ2v) is 6.30. The Balaban J connectivity index is 1.62. The van der Waals surface area contributed by atoms with Gasteiger partial charge in [-0.15, -0.1) is 11.3 Å². The van der Waals surface area contributed by atoms with Gasteiger partial charge in [0.15, 0.2) is 10.1 Å². The largest absolute Gasteiger partial charge is 0.289 e. The van der Waals surface area contributed by atoms with Gasteiger partial charge in [0, 0.05) is 28.2 Å². The van der Waals surface area contributed by atoms with Crippen molar-refractivity contribution < 1.29 is 9.59 Å². The minimum absolute atomic E-state index is 0.300. The standard InChI is InChI=1S/C15H10Cl2N4O2S/c16-10-3-1-2-9(8-10)14(23)20-19-12(22)5-4-11-13(17)18-15-21(11)6-7-24-15/h1-8H,(H,19,22)(H,20,23)/b5-4+. The van der Waals surface area contributed by atoms with Crippen LogP contribution in [0.4, 0.5) is 0 Å². The fourth-order valence-corrected chi connectivity index (χ4v) is 3.14.